The van der Waals surface area contributed by atoms with Crippen molar-refractivity contribution in [2.45, 2.75) is 39.3 Å². The van der Waals surface area contributed by atoms with Gasteiger partial charge in [0.1, 0.15) is 6.54 Å². The molecule has 102 valence electrons. The average Bonchev–Trinajstić information content (AvgIpc) is 2.73. The summed E-state index contributed by atoms with van der Waals surface area (Å²) in [6, 6.07) is 8.04. The molecule has 0 saturated heterocycles. The molecule has 1 N–H and O–H groups in total. The number of carbonyl (C=O) groups excluding carboxylic acids is 1. The average molecular weight is 323 g/mol. The first kappa shape index (κ1) is 14.1. The third-order valence-corrected chi connectivity index (χ3v) is 4.13. The van der Waals surface area contributed by atoms with E-state index in [-0.39, 0.29) is 11.4 Å². The SMILES string of the molecule is CCC(C)(C)NC(=O)Cn1ccc2c(Br)cccc21. The minimum Gasteiger partial charge on any atom is -0.350 e. The number of hydrogen-bond donors (Lipinski definition) is 1. The molecule has 0 atom stereocenters. The molecular weight excluding hydrogens is 304 g/mol. The van der Waals surface area contributed by atoms with Crippen LogP contribution in [0.25, 0.3) is 10.9 Å². The number of amides is 1. The predicted octanol–water partition coefficient (Wildman–Crippen LogP) is 3.71. The zero-order chi connectivity index (χ0) is 14.0. The van der Waals surface area contributed by atoms with E-state index in [1.54, 1.807) is 0 Å². The number of nitrogens with zero attached hydrogens (tertiary/aromatic N) is 1. The second-order valence-corrected chi connectivity index (χ2v) is 6.26. The van der Waals surface area contributed by atoms with Crippen molar-refractivity contribution in [2.75, 3.05) is 0 Å². The molecule has 2 aromatic rings. The van der Waals surface area contributed by atoms with Gasteiger partial charge in [-0.1, -0.05) is 28.9 Å². The highest BCUT2D eigenvalue weighted by molar-refractivity contribution is 9.10. The number of benzene rings is 1. The maximum absolute atomic E-state index is 12.1. The molecule has 0 saturated carbocycles. The maximum Gasteiger partial charge on any atom is 0.240 e. The molecule has 1 heterocycles. The van der Waals surface area contributed by atoms with Crippen LogP contribution in [0.1, 0.15) is 27.2 Å². The number of hydrogen-bond acceptors (Lipinski definition) is 1. The van der Waals surface area contributed by atoms with Crippen LogP contribution in [-0.4, -0.2) is 16.0 Å². The fourth-order valence-corrected chi connectivity index (χ4v) is 2.47. The third kappa shape index (κ3) is 3.18. The van der Waals surface area contributed by atoms with Gasteiger partial charge in [0.2, 0.25) is 5.91 Å². The van der Waals surface area contributed by atoms with Crippen LogP contribution in [0.2, 0.25) is 0 Å². The molecular formula is C15H19BrN2O. The molecule has 4 heteroatoms. The maximum atomic E-state index is 12.1. The van der Waals surface area contributed by atoms with Gasteiger partial charge in [-0.05, 0) is 38.5 Å². The largest absolute Gasteiger partial charge is 0.350 e. The molecule has 0 bridgehead atoms. The Hall–Kier alpha value is -1.29. The lowest BCUT2D eigenvalue weighted by Gasteiger charge is -2.24. The van der Waals surface area contributed by atoms with Gasteiger partial charge in [-0.3, -0.25) is 4.79 Å². The van der Waals surface area contributed by atoms with Gasteiger partial charge < -0.3 is 9.88 Å². The van der Waals surface area contributed by atoms with Gasteiger partial charge >= 0.3 is 0 Å². The van der Waals surface area contributed by atoms with Gasteiger partial charge in [-0.25, -0.2) is 0 Å². The number of halogens is 1. The summed E-state index contributed by atoms with van der Waals surface area (Å²) in [6.07, 6.45) is 2.87. The van der Waals surface area contributed by atoms with Crippen molar-refractivity contribution in [1.29, 1.82) is 0 Å². The monoisotopic (exact) mass is 322 g/mol. The Morgan fingerprint density at radius 2 is 2.11 bits per heavy atom. The zero-order valence-electron chi connectivity index (χ0n) is 11.5. The zero-order valence-corrected chi connectivity index (χ0v) is 13.1. The Balaban J connectivity index is 2.18. The van der Waals surface area contributed by atoms with E-state index in [0.29, 0.717) is 6.54 Å². The summed E-state index contributed by atoms with van der Waals surface area (Å²) in [6.45, 7) is 6.50. The summed E-state index contributed by atoms with van der Waals surface area (Å²) in [7, 11) is 0. The first-order chi connectivity index (χ1) is 8.93. The Morgan fingerprint density at radius 1 is 1.37 bits per heavy atom. The Kier molecular flexibility index (Phi) is 3.99. The molecule has 3 nitrogen and oxygen atoms in total. The van der Waals surface area contributed by atoms with E-state index in [1.165, 1.54) is 0 Å². The van der Waals surface area contributed by atoms with E-state index < -0.39 is 0 Å². The lowest BCUT2D eigenvalue weighted by atomic mass is 10.0. The third-order valence-electron chi connectivity index (χ3n) is 3.44. The Labute approximate surface area is 122 Å². The normalized spacial score (nSPS) is 11.8. The predicted molar refractivity (Wildman–Crippen MR) is 82.2 cm³/mol. The van der Waals surface area contributed by atoms with Crippen LogP contribution in [0.4, 0.5) is 0 Å². The first-order valence-corrected chi connectivity index (χ1v) is 7.26. The molecule has 1 amide bonds. The molecule has 1 aromatic heterocycles. The number of fused-ring (bicyclic) bond motifs is 1. The van der Waals surface area contributed by atoms with Crippen molar-refractivity contribution in [3.05, 3.63) is 34.9 Å². The lowest BCUT2D eigenvalue weighted by Crippen LogP contribution is -2.44. The molecule has 0 fully saturated rings. The van der Waals surface area contributed by atoms with Gasteiger partial charge in [0.25, 0.3) is 0 Å². The van der Waals surface area contributed by atoms with Crippen LogP contribution < -0.4 is 5.32 Å². The molecule has 19 heavy (non-hydrogen) atoms. The first-order valence-electron chi connectivity index (χ1n) is 6.47. The number of carbonyl (C=O) groups is 1. The van der Waals surface area contributed by atoms with E-state index in [9.17, 15) is 4.79 Å². The van der Waals surface area contributed by atoms with Crippen LogP contribution in [0.5, 0.6) is 0 Å². The summed E-state index contributed by atoms with van der Waals surface area (Å²) in [4.78, 5) is 12.1. The fourth-order valence-electron chi connectivity index (χ4n) is 1.98. The lowest BCUT2D eigenvalue weighted by molar-refractivity contribution is -0.123. The van der Waals surface area contributed by atoms with Gasteiger partial charge in [-0.15, -0.1) is 0 Å². The van der Waals surface area contributed by atoms with E-state index in [2.05, 4.69) is 28.2 Å². The molecule has 0 aliphatic carbocycles. The van der Waals surface area contributed by atoms with E-state index >= 15 is 0 Å². The number of nitrogens with one attached hydrogen (secondary N) is 1. The molecule has 0 spiro atoms. The quantitative estimate of drug-likeness (QED) is 0.914. The van der Waals surface area contributed by atoms with Gasteiger partial charge in [-0.2, -0.15) is 0 Å². The van der Waals surface area contributed by atoms with Crippen molar-refractivity contribution in [2.24, 2.45) is 0 Å². The summed E-state index contributed by atoms with van der Waals surface area (Å²) in [5.74, 6) is 0.0457. The molecule has 0 unspecified atom stereocenters. The van der Waals surface area contributed by atoms with Crippen LogP contribution in [0, 0.1) is 0 Å². The standard InChI is InChI=1S/C15H19BrN2O/c1-4-15(2,3)17-14(19)10-18-9-8-11-12(16)6-5-7-13(11)18/h5-9H,4,10H2,1-3H3,(H,17,19). The van der Waals surface area contributed by atoms with Crippen LogP contribution in [0.15, 0.2) is 34.9 Å². The fraction of sp³-hybridized carbons (Fsp3) is 0.400. The Morgan fingerprint density at radius 3 is 2.79 bits per heavy atom. The summed E-state index contributed by atoms with van der Waals surface area (Å²) < 4.78 is 3.03. The topological polar surface area (TPSA) is 34.0 Å². The highest BCUT2D eigenvalue weighted by atomic mass is 79.9. The Bertz CT molecular complexity index is 601. The van der Waals surface area contributed by atoms with E-state index in [1.807, 2.05) is 48.9 Å². The van der Waals surface area contributed by atoms with Crippen LogP contribution >= 0.6 is 15.9 Å². The van der Waals surface area contributed by atoms with Crippen molar-refractivity contribution in [1.82, 2.24) is 9.88 Å². The van der Waals surface area contributed by atoms with Crippen molar-refractivity contribution in [3.8, 4) is 0 Å². The van der Waals surface area contributed by atoms with E-state index in [4.69, 9.17) is 0 Å². The van der Waals surface area contributed by atoms with Gasteiger partial charge in [0.05, 0.1) is 0 Å². The van der Waals surface area contributed by atoms with Crippen LogP contribution in [-0.2, 0) is 11.3 Å². The summed E-state index contributed by atoms with van der Waals surface area (Å²) in [5.41, 5.74) is 0.916. The van der Waals surface area contributed by atoms with Crippen LogP contribution in [0.3, 0.4) is 0 Å². The second-order valence-electron chi connectivity index (χ2n) is 5.40. The molecule has 2 rings (SSSR count). The minimum absolute atomic E-state index is 0.0457. The smallest absolute Gasteiger partial charge is 0.240 e. The highest BCUT2D eigenvalue weighted by Crippen LogP contribution is 2.24. The van der Waals surface area contributed by atoms with Crippen molar-refractivity contribution >= 4 is 32.7 Å². The number of rotatable bonds is 4. The van der Waals surface area contributed by atoms with Gasteiger partial charge in [0.15, 0.2) is 0 Å². The molecule has 0 aliphatic rings. The van der Waals surface area contributed by atoms with Gasteiger partial charge in [0, 0.05) is 27.1 Å². The van der Waals surface area contributed by atoms with E-state index in [0.717, 1.165) is 21.8 Å². The number of aromatic nitrogens is 1. The van der Waals surface area contributed by atoms with Crippen molar-refractivity contribution < 1.29 is 4.79 Å². The summed E-state index contributed by atoms with van der Waals surface area (Å²) >= 11 is 3.52. The minimum atomic E-state index is -0.152. The van der Waals surface area contributed by atoms with Crippen molar-refractivity contribution in [3.63, 3.8) is 0 Å². The highest BCUT2D eigenvalue weighted by Gasteiger charge is 2.18. The second kappa shape index (κ2) is 5.37. The molecule has 0 aliphatic heterocycles. The summed E-state index contributed by atoms with van der Waals surface area (Å²) in [5, 5.41) is 4.18. The molecule has 1 aromatic carbocycles. The molecule has 0 radical (unpaired) electrons.